The average molecular weight is 528 g/mol. The number of hydrogen-bond donors (Lipinski definition) is 0. The van der Waals surface area contributed by atoms with Crippen molar-refractivity contribution in [3.8, 4) is 0 Å². The van der Waals surface area contributed by atoms with Gasteiger partial charge in [-0.1, -0.05) is 48.9 Å². The third-order valence-corrected chi connectivity index (χ3v) is 7.50. The molecule has 1 amide bonds. The summed E-state index contributed by atoms with van der Waals surface area (Å²) < 4.78 is 11.3. The second kappa shape index (κ2) is 10.1. The number of ether oxygens (including phenoxy) is 1. The number of amides is 1. The van der Waals surface area contributed by atoms with Gasteiger partial charge < -0.3 is 9.15 Å². The van der Waals surface area contributed by atoms with E-state index < -0.39 is 24.5 Å². The van der Waals surface area contributed by atoms with Crippen LogP contribution in [0, 0.1) is 5.92 Å². The highest BCUT2D eigenvalue weighted by molar-refractivity contribution is 6.30. The summed E-state index contributed by atoms with van der Waals surface area (Å²) in [6.45, 7) is 1.74. The Morgan fingerprint density at radius 2 is 1.89 bits per heavy atom. The highest BCUT2D eigenvalue weighted by atomic mass is 35.5. The fourth-order valence-corrected chi connectivity index (χ4v) is 5.45. The molecule has 0 bridgehead atoms. The fourth-order valence-electron chi connectivity index (χ4n) is 5.32. The number of hydrazone groups is 1. The van der Waals surface area contributed by atoms with Gasteiger partial charge in [0.15, 0.2) is 6.61 Å². The molecule has 2 aliphatic rings. The Labute approximate surface area is 225 Å². The van der Waals surface area contributed by atoms with Crippen molar-refractivity contribution in [2.24, 2.45) is 11.0 Å². The van der Waals surface area contributed by atoms with E-state index >= 15 is 0 Å². The molecule has 1 aliphatic carbocycles. The molecule has 3 heterocycles. The molecule has 0 saturated heterocycles. The topological polar surface area (TPSA) is 85.0 Å². The van der Waals surface area contributed by atoms with Crippen LogP contribution >= 0.6 is 11.6 Å². The zero-order valence-electron chi connectivity index (χ0n) is 20.9. The smallest absolute Gasteiger partial charge is 0.339 e. The third-order valence-electron chi connectivity index (χ3n) is 7.25. The number of carbonyl (C=O) groups is 2. The number of carbonyl (C=O) groups excluding carboxylic acids is 2. The van der Waals surface area contributed by atoms with Crippen LogP contribution in [-0.2, 0) is 22.4 Å². The molecule has 4 aromatic rings. The van der Waals surface area contributed by atoms with Gasteiger partial charge in [-0.15, -0.1) is 0 Å². The zero-order chi connectivity index (χ0) is 26.2. The number of halogens is 1. The summed E-state index contributed by atoms with van der Waals surface area (Å²) in [5, 5.41) is 7.33. The third kappa shape index (κ3) is 4.58. The van der Waals surface area contributed by atoms with E-state index in [9.17, 15) is 9.59 Å². The number of aryl methyl sites for hydroxylation is 1. The Morgan fingerprint density at radius 1 is 1.08 bits per heavy atom. The number of nitrogens with zero attached hydrogens (tertiary/aromatic N) is 3. The molecule has 0 unspecified atom stereocenters. The summed E-state index contributed by atoms with van der Waals surface area (Å²) in [5.74, 6) is 0.112. The van der Waals surface area contributed by atoms with Crippen LogP contribution in [0.4, 0.5) is 0 Å². The molecule has 2 atom stereocenters. The molecule has 0 spiro atoms. The molecule has 192 valence electrons. The normalized spacial score (nSPS) is 18.8. The van der Waals surface area contributed by atoms with Gasteiger partial charge in [0.05, 0.1) is 23.1 Å². The Balaban J connectivity index is 1.27. The second-order valence-corrected chi connectivity index (χ2v) is 10.3. The molecule has 0 radical (unpaired) electrons. The number of pyridine rings is 1. The lowest BCUT2D eigenvalue weighted by atomic mass is 9.84. The predicted octanol–water partition coefficient (Wildman–Crippen LogP) is 6.14. The number of hydrogen-bond acceptors (Lipinski definition) is 6. The van der Waals surface area contributed by atoms with Crippen molar-refractivity contribution in [3.63, 3.8) is 0 Å². The van der Waals surface area contributed by atoms with Crippen LogP contribution in [0.1, 0.15) is 58.7 Å². The van der Waals surface area contributed by atoms with Gasteiger partial charge in [0.25, 0.3) is 5.91 Å². The summed E-state index contributed by atoms with van der Waals surface area (Å²) in [6, 6.07) is 18.0. The fraction of sp³-hybridized carbons (Fsp3) is 0.267. The van der Waals surface area contributed by atoms with Crippen molar-refractivity contribution >= 4 is 40.1 Å². The monoisotopic (exact) mass is 527 g/mol. The van der Waals surface area contributed by atoms with Crippen molar-refractivity contribution in [2.45, 2.75) is 38.6 Å². The lowest BCUT2D eigenvalue weighted by Crippen LogP contribution is -2.31. The SMILES string of the molecule is C[C@H]1CCc2nc3ccccc3c(C(=O)OCC(=O)N3N=C(c4ccc(Cl)cc4)C[C@H]3c3ccco3)c2C1. The first kappa shape index (κ1) is 24.4. The van der Waals surface area contributed by atoms with Gasteiger partial charge in [-0.05, 0) is 66.6 Å². The van der Waals surface area contributed by atoms with Gasteiger partial charge in [-0.25, -0.2) is 9.80 Å². The highest BCUT2D eigenvalue weighted by Gasteiger charge is 2.35. The van der Waals surface area contributed by atoms with Crippen molar-refractivity contribution < 1.29 is 18.7 Å². The molecular weight excluding hydrogens is 502 g/mol. The Kier molecular flexibility index (Phi) is 6.45. The van der Waals surface area contributed by atoms with Crippen LogP contribution in [0.5, 0.6) is 0 Å². The van der Waals surface area contributed by atoms with Gasteiger partial charge in [-0.2, -0.15) is 5.10 Å². The van der Waals surface area contributed by atoms with E-state index in [2.05, 4.69) is 12.0 Å². The van der Waals surface area contributed by atoms with Gasteiger partial charge in [-0.3, -0.25) is 9.78 Å². The summed E-state index contributed by atoms with van der Waals surface area (Å²) in [4.78, 5) is 31.7. The molecule has 0 N–H and O–H groups in total. The largest absolute Gasteiger partial charge is 0.467 e. The summed E-state index contributed by atoms with van der Waals surface area (Å²) in [7, 11) is 0. The maximum absolute atomic E-state index is 13.5. The average Bonchev–Trinajstić information content (AvgIpc) is 3.61. The van der Waals surface area contributed by atoms with Crippen LogP contribution < -0.4 is 0 Å². The van der Waals surface area contributed by atoms with Crippen LogP contribution in [0.3, 0.4) is 0 Å². The molecule has 7 nitrogen and oxygen atoms in total. The number of para-hydroxylation sites is 1. The Morgan fingerprint density at radius 3 is 2.68 bits per heavy atom. The minimum Gasteiger partial charge on any atom is -0.467 e. The van der Waals surface area contributed by atoms with E-state index in [0.29, 0.717) is 28.7 Å². The van der Waals surface area contributed by atoms with Gasteiger partial charge in [0.1, 0.15) is 11.8 Å². The summed E-state index contributed by atoms with van der Waals surface area (Å²) in [5.41, 5.74) is 4.73. The first-order valence-electron chi connectivity index (χ1n) is 12.7. The molecule has 2 aromatic heterocycles. The number of rotatable bonds is 5. The van der Waals surface area contributed by atoms with E-state index in [1.807, 2.05) is 42.5 Å². The van der Waals surface area contributed by atoms with Crippen LogP contribution in [0.2, 0.25) is 5.02 Å². The van der Waals surface area contributed by atoms with Crippen LogP contribution in [0.25, 0.3) is 10.9 Å². The van der Waals surface area contributed by atoms with Crippen LogP contribution in [0.15, 0.2) is 76.4 Å². The molecule has 6 rings (SSSR count). The van der Waals surface area contributed by atoms with Crippen molar-refractivity contribution in [3.05, 3.63) is 100 Å². The summed E-state index contributed by atoms with van der Waals surface area (Å²) in [6.07, 6.45) is 4.64. The minimum atomic E-state index is -0.516. The number of fused-ring (bicyclic) bond motifs is 2. The molecule has 38 heavy (non-hydrogen) atoms. The van der Waals surface area contributed by atoms with Gasteiger partial charge >= 0.3 is 5.97 Å². The Hall–Kier alpha value is -3.97. The highest BCUT2D eigenvalue weighted by Crippen LogP contribution is 2.34. The van der Waals surface area contributed by atoms with Gasteiger partial charge in [0.2, 0.25) is 0 Å². The van der Waals surface area contributed by atoms with E-state index in [4.69, 9.17) is 25.7 Å². The lowest BCUT2D eigenvalue weighted by molar-refractivity contribution is -0.136. The van der Waals surface area contributed by atoms with E-state index in [0.717, 1.165) is 52.7 Å². The quantitative estimate of drug-likeness (QED) is 0.291. The van der Waals surface area contributed by atoms with E-state index in [1.165, 1.54) is 5.01 Å². The summed E-state index contributed by atoms with van der Waals surface area (Å²) >= 11 is 6.05. The van der Waals surface area contributed by atoms with Crippen molar-refractivity contribution in [1.82, 2.24) is 9.99 Å². The molecule has 2 aromatic carbocycles. The first-order valence-corrected chi connectivity index (χ1v) is 13.1. The predicted molar refractivity (Wildman–Crippen MR) is 144 cm³/mol. The molecule has 8 heteroatoms. The van der Waals surface area contributed by atoms with Crippen molar-refractivity contribution in [2.75, 3.05) is 6.61 Å². The standard InChI is InChI=1S/C30H26ClN3O4/c1-18-8-13-24-22(15-18)29(21-5-2-3-6-23(21)32-24)30(36)38-17-28(35)34-26(27-7-4-14-37-27)16-25(33-34)19-9-11-20(31)12-10-19/h2-7,9-12,14,18,26H,8,13,15-17H2,1H3/t18-,26-/m0/s1. The first-order chi connectivity index (χ1) is 18.5. The lowest BCUT2D eigenvalue weighted by Gasteiger charge is -2.24. The van der Waals surface area contributed by atoms with Gasteiger partial charge in [0, 0.05) is 22.5 Å². The Bertz CT molecular complexity index is 1550. The number of furan rings is 1. The molecular formula is C30H26ClN3O4. The number of benzene rings is 2. The number of esters is 1. The maximum Gasteiger partial charge on any atom is 0.339 e. The van der Waals surface area contributed by atoms with Crippen LogP contribution in [-0.4, -0.2) is 34.2 Å². The van der Waals surface area contributed by atoms with E-state index in [1.54, 1.807) is 24.5 Å². The molecule has 0 saturated carbocycles. The zero-order valence-corrected chi connectivity index (χ0v) is 21.6. The molecule has 1 aliphatic heterocycles. The number of aromatic nitrogens is 1. The van der Waals surface area contributed by atoms with E-state index in [-0.39, 0.29) is 0 Å². The molecule has 0 fully saturated rings. The second-order valence-electron chi connectivity index (χ2n) is 9.88. The minimum absolute atomic E-state index is 0.427. The van der Waals surface area contributed by atoms with Crippen molar-refractivity contribution in [1.29, 1.82) is 0 Å². The maximum atomic E-state index is 13.5.